The first-order chi connectivity index (χ1) is 13.6. The summed E-state index contributed by atoms with van der Waals surface area (Å²) in [7, 11) is 0. The largest absolute Gasteiger partial charge is 0.486 e. The van der Waals surface area contributed by atoms with Crippen molar-refractivity contribution in [2.24, 2.45) is 0 Å². The van der Waals surface area contributed by atoms with E-state index in [-0.39, 0.29) is 6.04 Å². The molecule has 1 aromatic carbocycles. The highest BCUT2D eigenvalue weighted by atomic mass is 16.6. The van der Waals surface area contributed by atoms with Crippen LogP contribution in [0.15, 0.2) is 24.3 Å². The fourth-order valence-corrected chi connectivity index (χ4v) is 3.14. The van der Waals surface area contributed by atoms with Gasteiger partial charge in [0.2, 0.25) is 0 Å². The van der Waals surface area contributed by atoms with Gasteiger partial charge in [0.25, 0.3) is 5.91 Å². The molecule has 1 saturated carbocycles. The number of urea groups is 1. The standard InChI is InChI=1S/C20H24N2O6/c23-18(22-20(25)21-15-4-2-1-3-5-15)13-28-19(24)9-7-14-6-8-16-17(12-14)27-11-10-26-16/h6-9,12,15H,1-5,10-11,13H2,(H2,21,22,23,25)/b9-7+. The van der Waals surface area contributed by atoms with E-state index in [9.17, 15) is 14.4 Å². The van der Waals surface area contributed by atoms with Crippen LogP contribution in [0, 0.1) is 0 Å². The van der Waals surface area contributed by atoms with E-state index in [2.05, 4.69) is 10.6 Å². The first-order valence-electron chi connectivity index (χ1n) is 9.45. The number of carbonyl (C=O) groups excluding carboxylic acids is 3. The number of hydrogen-bond donors (Lipinski definition) is 2. The van der Waals surface area contributed by atoms with Crippen LogP contribution in [-0.4, -0.2) is 43.8 Å². The summed E-state index contributed by atoms with van der Waals surface area (Å²) in [4.78, 5) is 35.3. The Bertz CT molecular complexity index is 755. The van der Waals surface area contributed by atoms with Crippen LogP contribution in [0.1, 0.15) is 37.7 Å². The molecule has 1 aromatic rings. The quantitative estimate of drug-likeness (QED) is 0.592. The zero-order valence-corrected chi connectivity index (χ0v) is 15.6. The Morgan fingerprint density at radius 2 is 1.82 bits per heavy atom. The average Bonchev–Trinajstić information content (AvgIpc) is 2.71. The van der Waals surface area contributed by atoms with Gasteiger partial charge in [-0.15, -0.1) is 0 Å². The zero-order valence-electron chi connectivity index (χ0n) is 15.6. The maximum atomic E-state index is 11.8. The highest BCUT2D eigenvalue weighted by Crippen LogP contribution is 2.31. The van der Waals surface area contributed by atoms with Crippen molar-refractivity contribution < 1.29 is 28.6 Å². The molecule has 1 heterocycles. The summed E-state index contributed by atoms with van der Waals surface area (Å²) in [6.45, 7) is 0.462. The second kappa shape index (κ2) is 9.77. The molecular weight excluding hydrogens is 364 g/mol. The van der Waals surface area contributed by atoms with Gasteiger partial charge >= 0.3 is 12.0 Å². The van der Waals surface area contributed by atoms with Crippen LogP contribution in [0.4, 0.5) is 4.79 Å². The lowest BCUT2D eigenvalue weighted by Crippen LogP contribution is -2.46. The lowest BCUT2D eigenvalue weighted by Gasteiger charge is -2.22. The first-order valence-corrected chi connectivity index (χ1v) is 9.45. The van der Waals surface area contributed by atoms with Gasteiger partial charge in [0, 0.05) is 12.1 Å². The van der Waals surface area contributed by atoms with Crippen LogP contribution < -0.4 is 20.1 Å². The molecule has 150 valence electrons. The van der Waals surface area contributed by atoms with Gasteiger partial charge in [-0.2, -0.15) is 0 Å². The molecule has 0 unspecified atom stereocenters. The summed E-state index contributed by atoms with van der Waals surface area (Å²) in [6, 6.07) is 4.83. The Hall–Kier alpha value is -3.03. The lowest BCUT2D eigenvalue weighted by atomic mass is 9.96. The van der Waals surface area contributed by atoms with Gasteiger partial charge in [-0.05, 0) is 36.6 Å². The molecule has 0 bridgehead atoms. The number of carbonyl (C=O) groups is 3. The van der Waals surface area contributed by atoms with Crippen molar-refractivity contribution in [1.82, 2.24) is 10.6 Å². The minimum atomic E-state index is -0.683. The van der Waals surface area contributed by atoms with Crippen LogP contribution in [0.2, 0.25) is 0 Å². The molecule has 0 spiro atoms. The van der Waals surface area contributed by atoms with E-state index in [4.69, 9.17) is 14.2 Å². The summed E-state index contributed by atoms with van der Waals surface area (Å²) >= 11 is 0. The number of fused-ring (bicyclic) bond motifs is 1. The van der Waals surface area contributed by atoms with Gasteiger partial charge in [0.05, 0.1) is 0 Å². The maximum Gasteiger partial charge on any atom is 0.331 e. The summed E-state index contributed by atoms with van der Waals surface area (Å²) in [5.74, 6) is -0.0774. The second-order valence-corrected chi connectivity index (χ2v) is 6.70. The fourth-order valence-electron chi connectivity index (χ4n) is 3.14. The van der Waals surface area contributed by atoms with Crippen LogP contribution in [-0.2, 0) is 14.3 Å². The van der Waals surface area contributed by atoms with Crippen molar-refractivity contribution in [2.45, 2.75) is 38.1 Å². The number of nitrogens with one attached hydrogen (secondary N) is 2. The van der Waals surface area contributed by atoms with E-state index in [1.54, 1.807) is 24.3 Å². The smallest absolute Gasteiger partial charge is 0.331 e. The van der Waals surface area contributed by atoms with E-state index >= 15 is 0 Å². The number of amides is 3. The second-order valence-electron chi connectivity index (χ2n) is 6.70. The van der Waals surface area contributed by atoms with Crippen LogP contribution >= 0.6 is 0 Å². The third-order valence-corrected chi connectivity index (χ3v) is 4.52. The highest BCUT2D eigenvalue weighted by molar-refractivity contribution is 5.96. The number of rotatable bonds is 5. The van der Waals surface area contributed by atoms with Crippen molar-refractivity contribution in [3.05, 3.63) is 29.8 Å². The normalized spacial score (nSPS) is 16.4. The van der Waals surface area contributed by atoms with E-state index in [1.807, 2.05) is 0 Å². The molecule has 0 radical (unpaired) electrons. The third kappa shape index (κ3) is 6.00. The Morgan fingerprint density at radius 3 is 2.61 bits per heavy atom. The molecule has 2 aliphatic rings. The Balaban J connectivity index is 1.39. The Morgan fingerprint density at radius 1 is 1.07 bits per heavy atom. The van der Waals surface area contributed by atoms with Crippen LogP contribution in [0.3, 0.4) is 0 Å². The molecule has 3 amide bonds. The number of esters is 1. The first kappa shape index (κ1) is 19.7. The number of hydrogen-bond acceptors (Lipinski definition) is 6. The molecule has 8 heteroatoms. The molecule has 8 nitrogen and oxygen atoms in total. The molecule has 1 aliphatic carbocycles. The van der Waals surface area contributed by atoms with Gasteiger partial charge in [0.15, 0.2) is 18.1 Å². The molecule has 28 heavy (non-hydrogen) atoms. The van der Waals surface area contributed by atoms with E-state index < -0.39 is 24.5 Å². The van der Waals surface area contributed by atoms with Crippen LogP contribution in [0.25, 0.3) is 6.08 Å². The van der Waals surface area contributed by atoms with Gasteiger partial charge < -0.3 is 19.5 Å². The van der Waals surface area contributed by atoms with E-state index in [0.717, 1.165) is 31.2 Å². The molecule has 0 saturated heterocycles. The SMILES string of the molecule is O=C(COC(=O)/C=C/c1ccc2c(c1)OCCO2)NC(=O)NC1CCCCC1. The zero-order chi connectivity index (χ0) is 19.8. The number of benzene rings is 1. The monoisotopic (exact) mass is 388 g/mol. The predicted octanol–water partition coefficient (Wildman–Crippen LogP) is 2.17. The molecular formula is C20H24N2O6. The van der Waals surface area contributed by atoms with E-state index in [1.165, 1.54) is 12.5 Å². The molecule has 0 aromatic heterocycles. The molecule has 1 aliphatic heterocycles. The van der Waals surface area contributed by atoms with Gasteiger partial charge in [-0.25, -0.2) is 9.59 Å². The molecule has 0 atom stereocenters. The lowest BCUT2D eigenvalue weighted by molar-refractivity contribution is -0.143. The fraction of sp³-hybridized carbons (Fsp3) is 0.450. The number of imide groups is 1. The van der Waals surface area contributed by atoms with Crippen molar-refractivity contribution in [3.8, 4) is 11.5 Å². The molecule has 2 N–H and O–H groups in total. The third-order valence-electron chi connectivity index (χ3n) is 4.52. The summed E-state index contributed by atoms with van der Waals surface area (Å²) in [5.41, 5.74) is 0.734. The number of ether oxygens (including phenoxy) is 3. The van der Waals surface area contributed by atoms with Crippen molar-refractivity contribution in [1.29, 1.82) is 0 Å². The molecule has 1 fully saturated rings. The summed E-state index contributed by atoms with van der Waals surface area (Å²) in [5, 5.41) is 4.93. The summed E-state index contributed by atoms with van der Waals surface area (Å²) in [6.07, 6.45) is 7.92. The van der Waals surface area contributed by atoms with Gasteiger partial charge in [0.1, 0.15) is 13.2 Å². The minimum absolute atomic E-state index is 0.0954. The Kier molecular flexibility index (Phi) is 6.89. The maximum absolute atomic E-state index is 11.8. The Labute approximate surface area is 163 Å². The molecule has 3 rings (SSSR count). The van der Waals surface area contributed by atoms with Crippen molar-refractivity contribution in [3.63, 3.8) is 0 Å². The van der Waals surface area contributed by atoms with Gasteiger partial charge in [-0.1, -0.05) is 25.3 Å². The highest BCUT2D eigenvalue weighted by Gasteiger charge is 2.17. The topological polar surface area (TPSA) is 103 Å². The average molecular weight is 388 g/mol. The van der Waals surface area contributed by atoms with E-state index in [0.29, 0.717) is 24.7 Å². The van der Waals surface area contributed by atoms with Crippen molar-refractivity contribution >= 4 is 24.0 Å². The van der Waals surface area contributed by atoms with Gasteiger partial charge in [-0.3, -0.25) is 10.1 Å². The van der Waals surface area contributed by atoms with Crippen LogP contribution in [0.5, 0.6) is 11.5 Å². The van der Waals surface area contributed by atoms with Crippen molar-refractivity contribution in [2.75, 3.05) is 19.8 Å². The summed E-state index contributed by atoms with van der Waals surface area (Å²) < 4.78 is 15.8. The predicted molar refractivity (Wildman–Crippen MR) is 101 cm³/mol. The minimum Gasteiger partial charge on any atom is -0.486 e.